The third kappa shape index (κ3) is 1.11. The predicted molar refractivity (Wildman–Crippen MR) is 45.8 cm³/mol. The maximum atomic E-state index is 11.3. The van der Waals surface area contributed by atoms with E-state index in [-0.39, 0.29) is 23.0 Å². The van der Waals surface area contributed by atoms with Gasteiger partial charge in [-0.05, 0) is 18.6 Å². The number of nitrogens with one attached hydrogen (secondary N) is 1. The highest BCUT2D eigenvalue weighted by atomic mass is 16.3. The van der Waals surface area contributed by atoms with E-state index in [0.717, 1.165) is 0 Å². The van der Waals surface area contributed by atoms with Crippen LogP contribution in [0.5, 0.6) is 11.5 Å². The first kappa shape index (κ1) is 7.91. The molecule has 0 aliphatic carbocycles. The standard InChI is InChI=1S/C9H9NO3/c11-6-1-2-7(12)8-5(6)3-4-10-9(8)13/h1-2,11-12H,3-4H2,(H,10,13). The lowest BCUT2D eigenvalue weighted by atomic mass is 9.98. The van der Waals surface area contributed by atoms with Crippen molar-refractivity contribution in [3.8, 4) is 11.5 Å². The van der Waals surface area contributed by atoms with Crippen LogP contribution in [0.2, 0.25) is 0 Å². The molecule has 1 aliphatic rings. The van der Waals surface area contributed by atoms with Crippen LogP contribution in [0.4, 0.5) is 0 Å². The molecule has 0 spiro atoms. The summed E-state index contributed by atoms with van der Waals surface area (Å²) in [6, 6.07) is 2.71. The molecule has 1 aliphatic heterocycles. The highest BCUT2D eigenvalue weighted by Crippen LogP contribution is 2.30. The smallest absolute Gasteiger partial charge is 0.255 e. The Kier molecular flexibility index (Phi) is 1.62. The van der Waals surface area contributed by atoms with Crippen LogP contribution in [0.1, 0.15) is 15.9 Å². The summed E-state index contributed by atoms with van der Waals surface area (Å²) >= 11 is 0. The zero-order chi connectivity index (χ0) is 9.42. The fourth-order valence-electron chi connectivity index (χ4n) is 1.52. The van der Waals surface area contributed by atoms with Crippen LogP contribution in [0.15, 0.2) is 12.1 Å². The molecule has 0 unspecified atom stereocenters. The highest BCUT2D eigenvalue weighted by Gasteiger charge is 2.22. The summed E-state index contributed by atoms with van der Waals surface area (Å²) in [6.45, 7) is 0.503. The van der Waals surface area contributed by atoms with Gasteiger partial charge in [0.25, 0.3) is 5.91 Å². The van der Waals surface area contributed by atoms with Crippen LogP contribution < -0.4 is 5.32 Å². The van der Waals surface area contributed by atoms with E-state index in [4.69, 9.17) is 0 Å². The summed E-state index contributed by atoms with van der Waals surface area (Å²) in [5.74, 6) is -0.331. The van der Waals surface area contributed by atoms with Gasteiger partial charge in [-0.25, -0.2) is 0 Å². The van der Waals surface area contributed by atoms with Gasteiger partial charge in [0.2, 0.25) is 0 Å². The zero-order valence-electron chi connectivity index (χ0n) is 6.87. The second-order valence-electron chi connectivity index (χ2n) is 2.96. The molecule has 1 heterocycles. The van der Waals surface area contributed by atoms with Crippen molar-refractivity contribution in [2.45, 2.75) is 6.42 Å². The molecule has 0 aromatic heterocycles. The Morgan fingerprint density at radius 1 is 1.23 bits per heavy atom. The summed E-state index contributed by atoms with van der Waals surface area (Å²) in [4.78, 5) is 11.3. The first-order chi connectivity index (χ1) is 6.20. The van der Waals surface area contributed by atoms with Crippen LogP contribution in [0.25, 0.3) is 0 Å². The Hall–Kier alpha value is -1.71. The second-order valence-corrected chi connectivity index (χ2v) is 2.96. The number of carbonyl (C=O) groups excluding carboxylic acids is 1. The third-order valence-electron chi connectivity index (χ3n) is 2.15. The maximum Gasteiger partial charge on any atom is 0.255 e. The van der Waals surface area contributed by atoms with Crippen molar-refractivity contribution in [2.24, 2.45) is 0 Å². The van der Waals surface area contributed by atoms with E-state index >= 15 is 0 Å². The van der Waals surface area contributed by atoms with E-state index in [1.807, 2.05) is 0 Å². The molecule has 0 saturated heterocycles. The van der Waals surface area contributed by atoms with Crippen LogP contribution >= 0.6 is 0 Å². The molecule has 13 heavy (non-hydrogen) atoms. The fourth-order valence-corrected chi connectivity index (χ4v) is 1.52. The summed E-state index contributed by atoms with van der Waals surface area (Å²) in [6.07, 6.45) is 0.557. The van der Waals surface area contributed by atoms with Gasteiger partial charge in [-0.2, -0.15) is 0 Å². The van der Waals surface area contributed by atoms with Crippen LogP contribution in [0, 0.1) is 0 Å². The van der Waals surface area contributed by atoms with Gasteiger partial charge in [0.05, 0.1) is 5.56 Å². The first-order valence-electron chi connectivity index (χ1n) is 4.02. The molecule has 0 bridgehead atoms. The number of amides is 1. The predicted octanol–water partition coefficient (Wildman–Crippen LogP) is 0.384. The molecule has 0 radical (unpaired) electrons. The Morgan fingerprint density at radius 3 is 2.62 bits per heavy atom. The summed E-state index contributed by atoms with van der Waals surface area (Å²) in [7, 11) is 0. The van der Waals surface area contributed by atoms with E-state index in [1.54, 1.807) is 0 Å². The summed E-state index contributed by atoms with van der Waals surface area (Å²) < 4.78 is 0. The first-order valence-corrected chi connectivity index (χ1v) is 4.02. The largest absolute Gasteiger partial charge is 0.508 e. The van der Waals surface area contributed by atoms with Gasteiger partial charge in [0.1, 0.15) is 11.5 Å². The van der Waals surface area contributed by atoms with E-state index in [9.17, 15) is 15.0 Å². The molecule has 0 fully saturated rings. The van der Waals surface area contributed by atoms with Crippen molar-refractivity contribution < 1.29 is 15.0 Å². The van der Waals surface area contributed by atoms with Gasteiger partial charge in [-0.15, -0.1) is 0 Å². The lowest BCUT2D eigenvalue weighted by Gasteiger charge is -2.17. The molecule has 1 aromatic carbocycles. The minimum absolute atomic E-state index is 0.0719. The van der Waals surface area contributed by atoms with Gasteiger partial charge >= 0.3 is 0 Å². The SMILES string of the molecule is O=C1NCCc2c(O)ccc(O)c21. The summed E-state index contributed by atoms with van der Waals surface area (Å²) in [5, 5.41) is 21.4. The molecule has 1 amide bonds. The average Bonchev–Trinajstić information content (AvgIpc) is 2.12. The average molecular weight is 179 g/mol. The van der Waals surface area contributed by atoms with Crippen LogP contribution in [-0.4, -0.2) is 22.7 Å². The van der Waals surface area contributed by atoms with Crippen molar-refractivity contribution >= 4 is 5.91 Å². The topological polar surface area (TPSA) is 69.6 Å². The Bertz CT molecular complexity index is 373. The number of rotatable bonds is 0. The molecule has 68 valence electrons. The molecule has 3 N–H and O–H groups in total. The Balaban J connectivity index is 2.67. The number of benzene rings is 1. The van der Waals surface area contributed by atoms with E-state index in [0.29, 0.717) is 18.5 Å². The second kappa shape index (κ2) is 2.65. The molecule has 0 atom stereocenters. The van der Waals surface area contributed by atoms with Crippen molar-refractivity contribution in [3.05, 3.63) is 23.3 Å². The van der Waals surface area contributed by atoms with Crippen molar-refractivity contribution in [1.82, 2.24) is 5.32 Å². The molecule has 2 rings (SSSR count). The lowest BCUT2D eigenvalue weighted by molar-refractivity contribution is 0.0942. The molecule has 4 heteroatoms. The van der Waals surface area contributed by atoms with E-state index < -0.39 is 0 Å². The van der Waals surface area contributed by atoms with Gasteiger partial charge in [-0.1, -0.05) is 0 Å². The zero-order valence-corrected chi connectivity index (χ0v) is 6.87. The fraction of sp³-hybridized carbons (Fsp3) is 0.222. The quantitative estimate of drug-likeness (QED) is 0.504. The molecular formula is C9H9NO3. The van der Waals surface area contributed by atoms with Gasteiger partial charge in [0, 0.05) is 12.1 Å². The van der Waals surface area contributed by atoms with Crippen LogP contribution in [-0.2, 0) is 6.42 Å². The third-order valence-corrected chi connectivity index (χ3v) is 2.15. The number of hydrogen-bond acceptors (Lipinski definition) is 3. The normalized spacial score (nSPS) is 14.9. The number of aromatic hydroxyl groups is 2. The minimum Gasteiger partial charge on any atom is -0.508 e. The van der Waals surface area contributed by atoms with Crippen molar-refractivity contribution in [3.63, 3.8) is 0 Å². The number of phenolic OH excluding ortho intramolecular Hbond substituents is 2. The van der Waals surface area contributed by atoms with Gasteiger partial charge in [-0.3, -0.25) is 4.79 Å². The maximum absolute atomic E-state index is 11.3. The lowest BCUT2D eigenvalue weighted by Crippen LogP contribution is -2.31. The number of hydrogen-bond donors (Lipinski definition) is 3. The molecule has 4 nitrogen and oxygen atoms in total. The van der Waals surface area contributed by atoms with Crippen molar-refractivity contribution in [2.75, 3.05) is 6.54 Å². The van der Waals surface area contributed by atoms with Gasteiger partial charge < -0.3 is 15.5 Å². The monoisotopic (exact) mass is 179 g/mol. The van der Waals surface area contributed by atoms with Crippen LogP contribution in [0.3, 0.4) is 0 Å². The Labute approximate surface area is 74.8 Å². The summed E-state index contributed by atoms with van der Waals surface area (Å²) in [5.41, 5.74) is 0.731. The van der Waals surface area contributed by atoms with Gasteiger partial charge in [0.15, 0.2) is 0 Å². The number of carbonyl (C=O) groups is 1. The van der Waals surface area contributed by atoms with E-state index in [2.05, 4.69) is 5.32 Å². The molecule has 1 aromatic rings. The highest BCUT2D eigenvalue weighted by molar-refractivity contribution is 5.99. The number of phenols is 2. The van der Waals surface area contributed by atoms with E-state index in [1.165, 1.54) is 12.1 Å². The number of fused-ring (bicyclic) bond motifs is 1. The molecule has 0 saturated carbocycles. The van der Waals surface area contributed by atoms with Crippen molar-refractivity contribution in [1.29, 1.82) is 0 Å². The molecular weight excluding hydrogens is 170 g/mol. The Morgan fingerprint density at radius 2 is 1.92 bits per heavy atom. The minimum atomic E-state index is -0.324.